The molecule has 0 bridgehead atoms. The molecular formula is C13H16N2O. The first-order chi connectivity index (χ1) is 7.39. The van der Waals surface area contributed by atoms with E-state index in [-0.39, 0.29) is 11.0 Å². The van der Waals surface area contributed by atoms with Gasteiger partial charge in [0.2, 0.25) is 0 Å². The summed E-state index contributed by atoms with van der Waals surface area (Å²) in [5.41, 5.74) is 7.48. The molecule has 16 heavy (non-hydrogen) atoms. The van der Waals surface area contributed by atoms with Crippen molar-refractivity contribution in [2.45, 2.75) is 26.2 Å². The smallest absolute Gasteiger partial charge is 0.255 e. The Morgan fingerprint density at radius 2 is 1.88 bits per heavy atom. The summed E-state index contributed by atoms with van der Waals surface area (Å²) in [6, 6.07) is 5.40. The molecular weight excluding hydrogens is 200 g/mol. The van der Waals surface area contributed by atoms with E-state index in [9.17, 15) is 4.79 Å². The average Bonchev–Trinajstić information content (AvgIpc) is 2.15. The highest BCUT2D eigenvalue weighted by molar-refractivity contribution is 5.88. The molecule has 0 atom stereocenters. The van der Waals surface area contributed by atoms with Gasteiger partial charge in [-0.2, -0.15) is 0 Å². The fraction of sp³-hybridized carbons (Fsp3) is 0.308. The van der Waals surface area contributed by atoms with E-state index in [0.29, 0.717) is 11.1 Å². The summed E-state index contributed by atoms with van der Waals surface area (Å²) in [5.74, 6) is 0. The first-order valence-corrected chi connectivity index (χ1v) is 5.31. The maximum absolute atomic E-state index is 11.7. The Morgan fingerprint density at radius 3 is 2.50 bits per heavy atom. The SMILES string of the molecule is CC(C)(C)c1c[nH]c(=O)c2ccc(N)cc12. The van der Waals surface area contributed by atoms with E-state index in [1.165, 1.54) is 0 Å². The number of nitrogen functional groups attached to an aromatic ring is 1. The standard InChI is InChI=1S/C13H16N2O/c1-13(2,3)11-7-15-12(16)9-5-4-8(14)6-10(9)11/h4-7H,14H2,1-3H3,(H,15,16). The second-order valence-electron chi connectivity index (χ2n) is 5.09. The van der Waals surface area contributed by atoms with Crippen molar-refractivity contribution in [3.8, 4) is 0 Å². The molecule has 0 aliphatic rings. The van der Waals surface area contributed by atoms with Crippen molar-refractivity contribution in [2.24, 2.45) is 0 Å². The highest BCUT2D eigenvalue weighted by Crippen LogP contribution is 2.28. The van der Waals surface area contributed by atoms with Crippen LogP contribution in [0.2, 0.25) is 0 Å². The summed E-state index contributed by atoms with van der Waals surface area (Å²) < 4.78 is 0. The van der Waals surface area contributed by atoms with Gasteiger partial charge >= 0.3 is 0 Å². The van der Waals surface area contributed by atoms with E-state index in [1.54, 1.807) is 18.3 Å². The molecule has 0 unspecified atom stereocenters. The van der Waals surface area contributed by atoms with Crippen LogP contribution >= 0.6 is 0 Å². The van der Waals surface area contributed by atoms with Crippen LogP contribution in [-0.4, -0.2) is 4.98 Å². The number of aromatic amines is 1. The van der Waals surface area contributed by atoms with Crippen molar-refractivity contribution in [3.63, 3.8) is 0 Å². The Balaban J connectivity index is 2.92. The van der Waals surface area contributed by atoms with Gasteiger partial charge in [-0.05, 0) is 34.6 Å². The van der Waals surface area contributed by atoms with Crippen LogP contribution in [0.15, 0.2) is 29.2 Å². The number of nitrogens with two attached hydrogens (primary N) is 1. The number of H-pyrrole nitrogens is 1. The maximum Gasteiger partial charge on any atom is 0.255 e. The van der Waals surface area contributed by atoms with E-state index in [0.717, 1.165) is 10.9 Å². The number of fused-ring (bicyclic) bond motifs is 1. The molecule has 0 saturated carbocycles. The lowest BCUT2D eigenvalue weighted by Gasteiger charge is -2.20. The molecule has 1 heterocycles. The number of rotatable bonds is 0. The fourth-order valence-electron chi connectivity index (χ4n) is 1.90. The van der Waals surface area contributed by atoms with Crippen LogP contribution in [-0.2, 0) is 5.41 Å². The molecule has 3 nitrogen and oxygen atoms in total. The van der Waals surface area contributed by atoms with Crippen LogP contribution in [0.5, 0.6) is 0 Å². The zero-order valence-corrected chi connectivity index (χ0v) is 9.79. The predicted octanol–water partition coefficient (Wildman–Crippen LogP) is 2.41. The zero-order chi connectivity index (χ0) is 11.9. The van der Waals surface area contributed by atoms with E-state index >= 15 is 0 Å². The van der Waals surface area contributed by atoms with Gasteiger partial charge in [-0.15, -0.1) is 0 Å². The van der Waals surface area contributed by atoms with Crippen LogP contribution in [0.4, 0.5) is 5.69 Å². The molecule has 2 rings (SSSR count). The minimum atomic E-state index is -0.0667. The molecule has 0 radical (unpaired) electrons. The Hall–Kier alpha value is -1.77. The first-order valence-electron chi connectivity index (χ1n) is 5.31. The number of aromatic nitrogens is 1. The highest BCUT2D eigenvalue weighted by atomic mass is 16.1. The van der Waals surface area contributed by atoms with Crippen LogP contribution in [0, 0.1) is 0 Å². The minimum Gasteiger partial charge on any atom is -0.399 e. The van der Waals surface area contributed by atoms with Crippen molar-refractivity contribution in [2.75, 3.05) is 5.73 Å². The third-order valence-electron chi connectivity index (χ3n) is 2.73. The predicted molar refractivity (Wildman–Crippen MR) is 67.7 cm³/mol. The molecule has 3 N–H and O–H groups in total. The lowest BCUT2D eigenvalue weighted by molar-refractivity contribution is 0.593. The second kappa shape index (κ2) is 3.37. The van der Waals surface area contributed by atoms with Crippen molar-refractivity contribution < 1.29 is 0 Å². The van der Waals surface area contributed by atoms with Gasteiger partial charge in [-0.25, -0.2) is 0 Å². The van der Waals surface area contributed by atoms with Gasteiger partial charge in [0.1, 0.15) is 0 Å². The summed E-state index contributed by atoms with van der Waals surface area (Å²) in [6.45, 7) is 6.34. The molecule has 0 spiro atoms. The third kappa shape index (κ3) is 1.69. The Morgan fingerprint density at radius 1 is 1.19 bits per heavy atom. The zero-order valence-electron chi connectivity index (χ0n) is 9.79. The van der Waals surface area contributed by atoms with Gasteiger partial charge in [-0.3, -0.25) is 4.79 Å². The van der Waals surface area contributed by atoms with E-state index in [2.05, 4.69) is 25.8 Å². The summed E-state index contributed by atoms with van der Waals surface area (Å²) in [7, 11) is 0. The van der Waals surface area contributed by atoms with Gasteiger partial charge in [0.05, 0.1) is 0 Å². The maximum atomic E-state index is 11.7. The number of hydrogen-bond donors (Lipinski definition) is 2. The lowest BCUT2D eigenvalue weighted by Crippen LogP contribution is -2.16. The molecule has 0 aliphatic carbocycles. The van der Waals surface area contributed by atoms with E-state index < -0.39 is 0 Å². The molecule has 0 saturated heterocycles. The van der Waals surface area contributed by atoms with Gasteiger partial charge < -0.3 is 10.7 Å². The Labute approximate surface area is 94.3 Å². The van der Waals surface area contributed by atoms with Crippen molar-refractivity contribution >= 4 is 16.5 Å². The molecule has 0 aliphatic heterocycles. The molecule has 0 amide bonds. The van der Waals surface area contributed by atoms with E-state index in [4.69, 9.17) is 5.73 Å². The van der Waals surface area contributed by atoms with Crippen LogP contribution in [0.1, 0.15) is 26.3 Å². The largest absolute Gasteiger partial charge is 0.399 e. The normalized spacial score (nSPS) is 11.9. The number of nitrogens with one attached hydrogen (secondary N) is 1. The average molecular weight is 216 g/mol. The second-order valence-corrected chi connectivity index (χ2v) is 5.09. The summed E-state index contributed by atoms with van der Waals surface area (Å²) in [5, 5.41) is 1.64. The molecule has 1 aromatic carbocycles. The van der Waals surface area contributed by atoms with Gasteiger partial charge in [0, 0.05) is 17.3 Å². The quantitative estimate of drug-likeness (QED) is 0.664. The molecule has 3 heteroatoms. The number of hydrogen-bond acceptors (Lipinski definition) is 2. The Bertz CT molecular complexity index is 591. The van der Waals surface area contributed by atoms with Crippen molar-refractivity contribution in [1.82, 2.24) is 4.98 Å². The number of benzene rings is 1. The molecule has 2 aromatic rings. The number of anilines is 1. The first kappa shape index (κ1) is 10.7. The third-order valence-corrected chi connectivity index (χ3v) is 2.73. The summed E-state index contributed by atoms with van der Waals surface area (Å²) in [4.78, 5) is 14.4. The van der Waals surface area contributed by atoms with Gasteiger partial charge in [-0.1, -0.05) is 20.8 Å². The van der Waals surface area contributed by atoms with Gasteiger partial charge in [0.25, 0.3) is 5.56 Å². The van der Waals surface area contributed by atoms with Crippen LogP contribution < -0.4 is 11.3 Å². The summed E-state index contributed by atoms with van der Waals surface area (Å²) >= 11 is 0. The van der Waals surface area contributed by atoms with E-state index in [1.807, 2.05) is 6.07 Å². The lowest BCUT2D eigenvalue weighted by atomic mass is 9.85. The van der Waals surface area contributed by atoms with Crippen LogP contribution in [0.3, 0.4) is 0 Å². The molecule has 1 aromatic heterocycles. The van der Waals surface area contributed by atoms with Crippen LogP contribution in [0.25, 0.3) is 10.8 Å². The minimum absolute atomic E-state index is 0.0176. The Kier molecular flexibility index (Phi) is 2.26. The molecule has 84 valence electrons. The monoisotopic (exact) mass is 216 g/mol. The fourth-order valence-corrected chi connectivity index (χ4v) is 1.90. The van der Waals surface area contributed by atoms with Crippen molar-refractivity contribution in [3.05, 3.63) is 40.3 Å². The number of pyridine rings is 1. The van der Waals surface area contributed by atoms with Crippen molar-refractivity contribution in [1.29, 1.82) is 0 Å². The van der Waals surface area contributed by atoms with Gasteiger partial charge in [0.15, 0.2) is 0 Å². The summed E-state index contributed by atoms with van der Waals surface area (Å²) in [6.07, 6.45) is 1.78. The highest BCUT2D eigenvalue weighted by Gasteiger charge is 2.17. The topological polar surface area (TPSA) is 58.9 Å². The molecule has 0 fully saturated rings.